The van der Waals surface area contributed by atoms with E-state index in [4.69, 9.17) is 4.74 Å². The first-order chi connectivity index (χ1) is 18.1. The van der Waals surface area contributed by atoms with E-state index in [2.05, 4.69) is 34.9 Å². The predicted octanol–water partition coefficient (Wildman–Crippen LogP) is 4.23. The van der Waals surface area contributed by atoms with Crippen LogP contribution in [0.4, 0.5) is 0 Å². The highest BCUT2D eigenvalue weighted by molar-refractivity contribution is 5.97. The lowest BCUT2D eigenvalue weighted by atomic mass is 9.53. The maximum atomic E-state index is 13.6. The van der Waals surface area contributed by atoms with Crippen molar-refractivity contribution < 1.29 is 14.3 Å². The molecular weight excluding hydrogens is 478 g/mol. The molecule has 5 aliphatic rings. The molecule has 0 aromatic carbocycles. The topological polar surface area (TPSA) is 97.3 Å². The standard InChI is InChI=1S/C30H47N5O3/c1-20(2)19-38-27-25(26(36)34-30-14-22-11-23(15-30)13-24(12-22)16-30)18-33-35(27)10-7-29(3,4)28(37)32-17-21-5-8-31-9-6-21/h7,10,18,20-24,31H,5-6,8-9,11-17,19H2,1-4H3,(H,32,37)(H,34,36)/b10-7+. The monoisotopic (exact) mass is 525 g/mol. The minimum absolute atomic E-state index is 0.0103. The van der Waals surface area contributed by atoms with Crippen molar-refractivity contribution in [3.05, 3.63) is 17.8 Å². The molecule has 1 aromatic rings. The van der Waals surface area contributed by atoms with Crippen LogP contribution in [0.3, 0.4) is 0 Å². The van der Waals surface area contributed by atoms with Gasteiger partial charge in [-0.05, 0) is 108 Å². The Bertz CT molecular complexity index is 1000. The van der Waals surface area contributed by atoms with Crippen LogP contribution in [0.5, 0.6) is 5.88 Å². The van der Waals surface area contributed by atoms with Crippen molar-refractivity contribution in [2.75, 3.05) is 26.2 Å². The normalized spacial score (nSPS) is 29.2. The van der Waals surface area contributed by atoms with Gasteiger partial charge in [0.15, 0.2) is 0 Å². The summed E-state index contributed by atoms with van der Waals surface area (Å²) in [5.74, 6) is 3.44. The Morgan fingerprint density at radius 1 is 1.16 bits per heavy atom. The van der Waals surface area contributed by atoms with E-state index in [9.17, 15) is 9.59 Å². The Labute approximate surface area is 227 Å². The van der Waals surface area contributed by atoms with Gasteiger partial charge in [0, 0.05) is 18.3 Å². The second kappa shape index (κ2) is 11.0. The van der Waals surface area contributed by atoms with Gasteiger partial charge in [-0.3, -0.25) is 9.59 Å². The van der Waals surface area contributed by atoms with Crippen molar-refractivity contribution in [1.82, 2.24) is 25.7 Å². The van der Waals surface area contributed by atoms with Gasteiger partial charge >= 0.3 is 0 Å². The molecule has 1 aromatic heterocycles. The smallest absolute Gasteiger partial charge is 0.258 e. The first-order valence-corrected chi connectivity index (χ1v) is 14.8. The minimum atomic E-state index is -0.726. The molecule has 210 valence electrons. The summed E-state index contributed by atoms with van der Waals surface area (Å²) in [7, 11) is 0. The number of piperidine rings is 1. The molecule has 8 heteroatoms. The average Bonchev–Trinajstić information content (AvgIpc) is 3.27. The molecule has 0 spiro atoms. The molecule has 2 heterocycles. The van der Waals surface area contributed by atoms with Crippen LogP contribution in [-0.4, -0.2) is 53.4 Å². The van der Waals surface area contributed by atoms with E-state index in [1.54, 1.807) is 17.1 Å². The first-order valence-electron chi connectivity index (χ1n) is 14.8. The van der Waals surface area contributed by atoms with E-state index in [0.717, 1.165) is 62.9 Å². The molecule has 0 unspecified atom stereocenters. The minimum Gasteiger partial charge on any atom is -0.477 e. The van der Waals surface area contributed by atoms with Crippen molar-refractivity contribution >= 4 is 18.0 Å². The van der Waals surface area contributed by atoms with E-state index >= 15 is 0 Å². The van der Waals surface area contributed by atoms with Gasteiger partial charge in [0.05, 0.1) is 18.2 Å². The van der Waals surface area contributed by atoms with Gasteiger partial charge in [0.25, 0.3) is 5.91 Å². The zero-order valence-electron chi connectivity index (χ0n) is 23.7. The fourth-order valence-electron chi connectivity index (χ4n) is 7.46. The molecule has 8 nitrogen and oxygen atoms in total. The molecule has 3 N–H and O–H groups in total. The number of carbonyl (C=O) groups excluding carboxylic acids is 2. The molecule has 1 aliphatic heterocycles. The van der Waals surface area contributed by atoms with Gasteiger partial charge in [0.1, 0.15) is 5.56 Å². The van der Waals surface area contributed by atoms with Crippen LogP contribution in [-0.2, 0) is 4.79 Å². The molecule has 4 saturated carbocycles. The molecule has 38 heavy (non-hydrogen) atoms. The Morgan fingerprint density at radius 3 is 2.39 bits per heavy atom. The van der Waals surface area contributed by atoms with Crippen LogP contribution in [0.15, 0.2) is 12.3 Å². The van der Waals surface area contributed by atoms with Crippen LogP contribution in [0, 0.1) is 35.0 Å². The summed E-state index contributed by atoms with van der Waals surface area (Å²) >= 11 is 0. The number of ether oxygens (including phenoxy) is 1. The summed E-state index contributed by atoms with van der Waals surface area (Å²) in [6.07, 6.45) is 14.7. The van der Waals surface area contributed by atoms with Crippen LogP contribution < -0.4 is 20.7 Å². The first kappa shape index (κ1) is 27.2. The van der Waals surface area contributed by atoms with Crippen molar-refractivity contribution in [2.24, 2.45) is 35.0 Å². The maximum Gasteiger partial charge on any atom is 0.258 e. The zero-order valence-corrected chi connectivity index (χ0v) is 23.7. The second-order valence-electron chi connectivity index (χ2n) is 13.6. The van der Waals surface area contributed by atoms with Gasteiger partial charge in [0.2, 0.25) is 11.8 Å². The lowest BCUT2D eigenvalue weighted by Gasteiger charge is -2.56. The van der Waals surface area contributed by atoms with E-state index in [-0.39, 0.29) is 17.4 Å². The Hall–Kier alpha value is -2.35. The molecule has 6 rings (SSSR count). The third-order valence-electron chi connectivity index (χ3n) is 9.19. The van der Waals surface area contributed by atoms with E-state index in [1.165, 1.54) is 19.3 Å². The van der Waals surface area contributed by atoms with Crippen molar-refractivity contribution in [1.29, 1.82) is 0 Å². The number of aromatic nitrogens is 2. The molecule has 0 atom stereocenters. The fraction of sp³-hybridized carbons (Fsp3) is 0.767. The lowest BCUT2D eigenvalue weighted by molar-refractivity contribution is -0.127. The number of rotatable bonds is 10. The maximum absolute atomic E-state index is 13.6. The second-order valence-corrected chi connectivity index (χ2v) is 13.6. The Morgan fingerprint density at radius 2 is 1.79 bits per heavy atom. The Balaban J connectivity index is 1.28. The van der Waals surface area contributed by atoms with Crippen LogP contribution >= 0.6 is 0 Å². The summed E-state index contributed by atoms with van der Waals surface area (Å²) in [5.41, 5.74) is -0.331. The highest BCUT2D eigenvalue weighted by Gasteiger charge is 2.51. The van der Waals surface area contributed by atoms with Crippen molar-refractivity contribution in [3.8, 4) is 5.88 Å². The van der Waals surface area contributed by atoms with Gasteiger partial charge in [-0.25, -0.2) is 4.68 Å². The zero-order chi connectivity index (χ0) is 26.9. The number of hydrogen-bond donors (Lipinski definition) is 3. The molecule has 4 bridgehead atoms. The summed E-state index contributed by atoms with van der Waals surface area (Å²) in [6.45, 7) is 11.2. The third-order valence-corrected chi connectivity index (χ3v) is 9.19. The van der Waals surface area contributed by atoms with E-state index < -0.39 is 5.41 Å². The van der Waals surface area contributed by atoms with Gasteiger partial charge in [-0.2, -0.15) is 5.10 Å². The molecule has 5 fully saturated rings. The highest BCUT2D eigenvalue weighted by atomic mass is 16.5. The molecule has 0 radical (unpaired) electrons. The van der Waals surface area contributed by atoms with Gasteiger partial charge in [-0.1, -0.05) is 19.9 Å². The average molecular weight is 526 g/mol. The van der Waals surface area contributed by atoms with Crippen LogP contribution in [0.25, 0.3) is 6.20 Å². The number of hydrogen-bond acceptors (Lipinski definition) is 5. The fourth-order valence-corrected chi connectivity index (χ4v) is 7.46. The predicted molar refractivity (Wildman–Crippen MR) is 149 cm³/mol. The summed E-state index contributed by atoms with van der Waals surface area (Å²) in [4.78, 5) is 26.6. The number of nitrogens with zero attached hydrogens (tertiary/aromatic N) is 2. The van der Waals surface area contributed by atoms with Gasteiger partial charge in [-0.15, -0.1) is 0 Å². The Kier molecular flexibility index (Phi) is 7.90. The van der Waals surface area contributed by atoms with E-state index in [0.29, 0.717) is 36.4 Å². The van der Waals surface area contributed by atoms with E-state index in [1.807, 2.05) is 19.9 Å². The quantitative estimate of drug-likeness (QED) is 0.425. The van der Waals surface area contributed by atoms with Gasteiger partial charge < -0.3 is 20.7 Å². The summed E-state index contributed by atoms with van der Waals surface area (Å²) in [5, 5.41) is 14.5. The van der Waals surface area contributed by atoms with Crippen LogP contribution in [0.2, 0.25) is 0 Å². The summed E-state index contributed by atoms with van der Waals surface area (Å²) in [6, 6.07) is 0. The van der Waals surface area contributed by atoms with Crippen molar-refractivity contribution in [3.63, 3.8) is 0 Å². The molecule has 2 amide bonds. The molecule has 4 aliphatic carbocycles. The number of carbonyl (C=O) groups is 2. The SMILES string of the molecule is CC(C)COc1c(C(=O)NC23CC4CC(CC(C4)C2)C3)cnn1/C=C/C(C)(C)C(=O)NCC1CCNCC1. The highest BCUT2D eigenvalue weighted by Crippen LogP contribution is 2.55. The van der Waals surface area contributed by atoms with Crippen molar-refractivity contribution in [2.45, 2.75) is 84.6 Å². The largest absolute Gasteiger partial charge is 0.477 e. The molecule has 1 saturated heterocycles. The third kappa shape index (κ3) is 6.11. The summed E-state index contributed by atoms with van der Waals surface area (Å²) < 4.78 is 7.76. The number of amides is 2. The lowest BCUT2D eigenvalue weighted by Crippen LogP contribution is -2.59. The van der Waals surface area contributed by atoms with Crippen LogP contribution in [0.1, 0.15) is 89.4 Å². The molecular formula is C30H47N5O3. The number of nitrogens with one attached hydrogen (secondary N) is 3.